The van der Waals surface area contributed by atoms with Crippen LogP contribution >= 0.6 is 0 Å². The summed E-state index contributed by atoms with van der Waals surface area (Å²) in [4.78, 5) is 2.15. The summed E-state index contributed by atoms with van der Waals surface area (Å²) in [6.45, 7) is 8.36. The van der Waals surface area contributed by atoms with E-state index in [9.17, 15) is 4.39 Å². The Morgan fingerprint density at radius 2 is 2.23 bits per heavy atom. The molecule has 1 aliphatic rings. The first-order chi connectivity index (χ1) is 6.07. The highest BCUT2D eigenvalue weighted by Crippen LogP contribution is 2.21. The van der Waals surface area contributed by atoms with Gasteiger partial charge in [0.2, 0.25) is 0 Å². The van der Waals surface area contributed by atoms with Gasteiger partial charge in [-0.2, -0.15) is 0 Å². The van der Waals surface area contributed by atoms with Crippen molar-refractivity contribution < 1.29 is 9.13 Å². The maximum absolute atomic E-state index is 14.0. The van der Waals surface area contributed by atoms with Gasteiger partial charge in [-0.3, -0.25) is 4.90 Å². The molecular weight excluding hydrogens is 169 g/mol. The molecule has 1 unspecified atom stereocenters. The molecule has 1 atom stereocenters. The Hall–Kier alpha value is -0.150. The van der Waals surface area contributed by atoms with E-state index >= 15 is 0 Å². The smallest absolute Gasteiger partial charge is 0.146 e. The average Bonchev–Trinajstić information content (AvgIpc) is 2.28. The third kappa shape index (κ3) is 2.92. The standard InChI is InChI=1S/C10H20FNO/c1-4-10(11)7-12(9(2)3)5-6-13-8-10/h9H,4-8H2,1-3H3. The lowest BCUT2D eigenvalue weighted by atomic mass is 10.0. The third-order valence-corrected chi connectivity index (χ3v) is 2.73. The van der Waals surface area contributed by atoms with Crippen molar-refractivity contribution in [2.24, 2.45) is 0 Å². The van der Waals surface area contributed by atoms with Gasteiger partial charge in [0, 0.05) is 19.1 Å². The van der Waals surface area contributed by atoms with Crippen LogP contribution in [0.25, 0.3) is 0 Å². The zero-order valence-electron chi connectivity index (χ0n) is 8.85. The Morgan fingerprint density at radius 3 is 2.77 bits per heavy atom. The quantitative estimate of drug-likeness (QED) is 0.657. The molecule has 1 heterocycles. The van der Waals surface area contributed by atoms with E-state index in [0.29, 0.717) is 25.6 Å². The van der Waals surface area contributed by atoms with Crippen molar-refractivity contribution >= 4 is 0 Å². The Morgan fingerprint density at radius 1 is 1.54 bits per heavy atom. The van der Waals surface area contributed by atoms with Crippen LogP contribution in [0.1, 0.15) is 27.2 Å². The van der Waals surface area contributed by atoms with Crippen LogP contribution in [0.4, 0.5) is 4.39 Å². The van der Waals surface area contributed by atoms with Gasteiger partial charge in [0.05, 0.1) is 13.2 Å². The average molecular weight is 189 g/mol. The van der Waals surface area contributed by atoms with E-state index in [4.69, 9.17) is 4.74 Å². The molecule has 0 saturated carbocycles. The Kier molecular flexibility index (Phi) is 3.68. The predicted molar refractivity (Wildman–Crippen MR) is 51.7 cm³/mol. The fourth-order valence-corrected chi connectivity index (χ4v) is 1.58. The van der Waals surface area contributed by atoms with E-state index in [0.717, 1.165) is 6.54 Å². The van der Waals surface area contributed by atoms with Crippen LogP contribution in [0, 0.1) is 0 Å². The molecule has 1 fully saturated rings. The van der Waals surface area contributed by atoms with Gasteiger partial charge >= 0.3 is 0 Å². The first kappa shape index (κ1) is 10.9. The molecule has 0 radical (unpaired) electrons. The van der Waals surface area contributed by atoms with Crippen LogP contribution in [-0.2, 0) is 4.74 Å². The summed E-state index contributed by atoms with van der Waals surface area (Å²) >= 11 is 0. The molecule has 0 N–H and O–H groups in total. The first-order valence-electron chi connectivity index (χ1n) is 5.08. The van der Waals surface area contributed by atoms with Crippen LogP contribution in [0.3, 0.4) is 0 Å². The highest BCUT2D eigenvalue weighted by atomic mass is 19.1. The van der Waals surface area contributed by atoms with E-state index in [1.165, 1.54) is 0 Å². The largest absolute Gasteiger partial charge is 0.377 e. The third-order valence-electron chi connectivity index (χ3n) is 2.73. The monoisotopic (exact) mass is 189 g/mol. The van der Waals surface area contributed by atoms with Crippen molar-refractivity contribution in [2.45, 2.75) is 38.9 Å². The van der Waals surface area contributed by atoms with Gasteiger partial charge in [-0.15, -0.1) is 0 Å². The molecule has 0 spiro atoms. The molecular formula is C10H20FNO. The molecule has 13 heavy (non-hydrogen) atoms. The van der Waals surface area contributed by atoms with Crippen LogP contribution in [0.5, 0.6) is 0 Å². The number of alkyl halides is 1. The van der Waals surface area contributed by atoms with Crippen LogP contribution in [0.2, 0.25) is 0 Å². The molecule has 2 nitrogen and oxygen atoms in total. The molecule has 0 amide bonds. The summed E-state index contributed by atoms with van der Waals surface area (Å²) in [5, 5.41) is 0. The SMILES string of the molecule is CCC1(F)COCCN(C(C)C)C1. The van der Waals surface area contributed by atoms with E-state index in [1.54, 1.807) is 0 Å². The van der Waals surface area contributed by atoms with Crippen molar-refractivity contribution in [2.75, 3.05) is 26.3 Å². The van der Waals surface area contributed by atoms with Crippen molar-refractivity contribution in [1.29, 1.82) is 0 Å². The van der Waals surface area contributed by atoms with Gasteiger partial charge in [-0.25, -0.2) is 4.39 Å². The van der Waals surface area contributed by atoms with Gasteiger partial charge in [-0.1, -0.05) is 6.92 Å². The minimum absolute atomic E-state index is 0.257. The Balaban J connectivity index is 2.59. The predicted octanol–water partition coefficient (Wildman–Crippen LogP) is 1.85. The molecule has 0 aromatic carbocycles. The second kappa shape index (κ2) is 4.38. The van der Waals surface area contributed by atoms with Crippen molar-refractivity contribution in [3.8, 4) is 0 Å². The van der Waals surface area contributed by atoms with Crippen molar-refractivity contribution in [3.05, 3.63) is 0 Å². The topological polar surface area (TPSA) is 12.5 Å². The molecule has 1 aliphatic heterocycles. The summed E-state index contributed by atoms with van der Waals surface area (Å²) < 4.78 is 19.3. The summed E-state index contributed by atoms with van der Waals surface area (Å²) in [5.74, 6) is 0. The van der Waals surface area contributed by atoms with E-state index < -0.39 is 5.67 Å². The molecule has 0 aromatic heterocycles. The number of hydrogen-bond acceptors (Lipinski definition) is 2. The molecule has 0 aromatic rings. The Bertz CT molecular complexity index is 163. The summed E-state index contributed by atoms with van der Waals surface area (Å²) in [6.07, 6.45) is 0.538. The number of hydrogen-bond donors (Lipinski definition) is 0. The van der Waals surface area contributed by atoms with Crippen molar-refractivity contribution in [1.82, 2.24) is 4.90 Å². The zero-order valence-corrected chi connectivity index (χ0v) is 8.85. The van der Waals surface area contributed by atoms with Crippen LogP contribution < -0.4 is 0 Å². The summed E-state index contributed by atoms with van der Waals surface area (Å²) in [7, 11) is 0. The lowest BCUT2D eigenvalue weighted by molar-refractivity contribution is 0.0281. The van der Waals surface area contributed by atoms with Gasteiger partial charge in [0.25, 0.3) is 0 Å². The Labute approximate surface area is 80.1 Å². The second-order valence-electron chi connectivity index (χ2n) is 4.12. The fourth-order valence-electron chi connectivity index (χ4n) is 1.58. The van der Waals surface area contributed by atoms with Crippen LogP contribution in [0.15, 0.2) is 0 Å². The molecule has 1 saturated heterocycles. The molecule has 0 aliphatic carbocycles. The number of halogens is 1. The summed E-state index contributed by atoms with van der Waals surface area (Å²) in [5.41, 5.74) is -1.14. The number of rotatable bonds is 2. The maximum atomic E-state index is 14.0. The van der Waals surface area contributed by atoms with E-state index in [1.807, 2.05) is 6.92 Å². The highest BCUT2D eigenvalue weighted by molar-refractivity contribution is 4.84. The zero-order chi connectivity index (χ0) is 9.90. The van der Waals surface area contributed by atoms with Gasteiger partial charge < -0.3 is 4.74 Å². The molecule has 0 bridgehead atoms. The lowest BCUT2D eigenvalue weighted by Gasteiger charge is -2.30. The first-order valence-corrected chi connectivity index (χ1v) is 5.08. The highest BCUT2D eigenvalue weighted by Gasteiger charge is 2.33. The van der Waals surface area contributed by atoms with Gasteiger partial charge in [-0.05, 0) is 20.3 Å². The minimum Gasteiger partial charge on any atom is -0.377 e. The minimum atomic E-state index is -1.14. The summed E-state index contributed by atoms with van der Waals surface area (Å²) in [6, 6.07) is 0.406. The fraction of sp³-hybridized carbons (Fsp3) is 1.00. The van der Waals surface area contributed by atoms with Crippen LogP contribution in [-0.4, -0.2) is 42.9 Å². The molecule has 3 heteroatoms. The van der Waals surface area contributed by atoms with E-state index in [-0.39, 0.29) is 6.61 Å². The van der Waals surface area contributed by atoms with E-state index in [2.05, 4.69) is 18.7 Å². The maximum Gasteiger partial charge on any atom is 0.146 e. The number of ether oxygens (including phenoxy) is 1. The molecule has 1 rings (SSSR count). The van der Waals surface area contributed by atoms with Gasteiger partial charge in [0.1, 0.15) is 5.67 Å². The number of nitrogens with zero attached hydrogens (tertiary/aromatic N) is 1. The van der Waals surface area contributed by atoms with Crippen molar-refractivity contribution in [3.63, 3.8) is 0 Å². The van der Waals surface area contributed by atoms with Gasteiger partial charge in [0.15, 0.2) is 0 Å². The second-order valence-corrected chi connectivity index (χ2v) is 4.12. The lowest BCUT2D eigenvalue weighted by Crippen LogP contribution is -2.43. The normalized spacial score (nSPS) is 32.1. The molecule has 78 valence electrons.